The van der Waals surface area contributed by atoms with Gasteiger partial charge in [-0.2, -0.15) is 12.7 Å². The topological polar surface area (TPSA) is 69.6 Å². The maximum Gasteiger partial charge on any atom is 0.301 e. The Kier molecular flexibility index (Phi) is 5.06. The fraction of sp³-hybridized carbons (Fsp3) is 0.538. The van der Waals surface area contributed by atoms with Gasteiger partial charge in [-0.25, -0.2) is 0 Å². The predicted octanol–water partition coefficient (Wildman–Crippen LogP) is 2.12. The van der Waals surface area contributed by atoms with Gasteiger partial charge in [-0.1, -0.05) is 22.0 Å². The van der Waals surface area contributed by atoms with E-state index in [1.807, 2.05) is 19.1 Å². The number of anilines is 1. The van der Waals surface area contributed by atoms with Crippen LogP contribution in [0.3, 0.4) is 0 Å². The summed E-state index contributed by atoms with van der Waals surface area (Å²) >= 11 is 3.34. The molecule has 1 aliphatic rings. The Morgan fingerprint density at radius 1 is 1.40 bits per heavy atom. The van der Waals surface area contributed by atoms with Crippen molar-refractivity contribution in [2.75, 3.05) is 24.4 Å². The first-order valence-corrected chi connectivity index (χ1v) is 8.80. The minimum absolute atomic E-state index is 0.131. The van der Waals surface area contributed by atoms with E-state index >= 15 is 0 Å². The third-order valence-corrected chi connectivity index (χ3v) is 5.63. The van der Waals surface area contributed by atoms with Gasteiger partial charge in [-0.15, -0.1) is 0 Å². The van der Waals surface area contributed by atoms with Gasteiger partial charge in [-0.3, -0.25) is 4.72 Å². The van der Waals surface area contributed by atoms with Gasteiger partial charge in [0.25, 0.3) is 0 Å². The number of nitrogens with zero attached hydrogens (tertiary/aromatic N) is 1. The fourth-order valence-corrected chi connectivity index (χ4v) is 3.92. The van der Waals surface area contributed by atoms with Crippen molar-refractivity contribution < 1.29 is 13.5 Å². The quantitative estimate of drug-likeness (QED) is 0.861. The van der Waals surface area contributed by atoms with Crippen LogP contribution in [0.4, 0.5) is 5.69 Å². The molecule has 0 bridgehead atoms. The van der Waals surface area contributed by atoms with E-state index in [0.717, 1.165) is 10.0 Å². The molecule has 5 nitrogen and oxygen atoms in total. The molecule has 0 radical (unpaired) electrons. The molecular weight excluding hydrogens is 344 g/mol. The maximum atomic E-state index is 12.4. The molecule has 1 fully saturated rings. The summed E-state index contributed by atoms with van der Waals surface area (Å²) in [6.45, 7) is 2.90. The predicted molar refractivity (Wildman–Crippen MR) is 82.8 cm³/mol. The zero-order chi connectivity index (χ0) is 14.8. The molecule has 1 aliphatic heterocycles. The molecule has 112 valence electrons. The van der Waals surface area contributed by atoms with Crippen LogP contribution in [0.15, 0.2) is 22.7 Å². The molecule has 1 aromatic rings. The largest absolute Gasteiger partial charge is 0.396 e. The molecule has 0 amide bonds. The van der Waals surface area contributed by atoms with Crippen LogP contribution in [0.5, 0.6) is 0 Å². The summed E-state index contributed by atoms with van der Waals surface area (Å²) in [6, 6.07) is 5.49. The number of benzene rings is 1. The Balaban J connectivity index is 2.10. The molecule has 20 heavy (non-hydrogen) atoms. The maximum absolute atomic E-state index is 12.4. The summed E-state index contributed by atoms with van der Waals surface area (Å²) in [6.07, 6.45) is 1.41. The van der Waals surface area contributed by atoms with Crippen LogP contribution in [0.25, 0.3) is 0 Å². The van der Waals surface area contributed by atoms with Gasteiger partial charge in [0.05, 0.1) is 5.69 Å². The second kappa shape index (κ2) is 6.43. The van der Waals surface area contributed by atoms with Crippen molar-refractivity contribution in [2.24, 2.45) is 5.92 Å². The molecule has 1 aromatic carbocycles. The summed E-state index contributed by atoms with van der Waals surface area (Å²) in [7, 11) is -3.53. The number of hydrogen-bond acceptors (Lipinski definition) is 3. The minimum atomic E-state index is -3.53. The lowest BCUT2D eigenvalue weighted by Crippen LogP contribution is -2.42. The molecule has 0 aromatic heterocycles. The zero-order valence-corrected chi connectivity index (χ0v) is 13.7. The average Bonchev–Trinajstić information content (AvgIpc) is 2.43. The molecule has 0 saturated carbocycles. The first-order chi connectivity index (χ1) is 9.42. The standard InChI is InChI=1S/C13H19BrN2O3S/c1-10-2-3-12(14)8-13(10)15-20(18,19)16-6-4-11(9-17)5-7-16/h2-3,8,11,15,17H,4-7,9H2,1H3. The van der Waals surface area contributed by atoms with Gasteiger partial charge in [0, 0.05) is 24.2 Å². The highest BCUT2D eigenvalue weighted by Crippen LogP contribution is 2.24. The molecular formula is C13H19BrN2O3S. The Labute approximate surface area is 128 Å². The van der Waals surface area contributed by atoms with Crippen LogP contribution in [0.2, 0.25) is 0 Å². The Morgan fingerprint density at radius 3 is 2.65 bits per heavy atom. The van der Waals surface area contributed by atoms with E-state index in [-0.39, 0.29) is 12.5 Å². The first kappa shape index (κ1) is 15.8. The van der Waals surface area contributed by atoms with E-state index in [1.54, 1.807) is 6.07 Å². The van der Waals surface area contributed by atoms with Gasteiger partial charge >= 0.3 is 10.2 Å². The summed E-state index contributed by atoms with van der Waals surface area (Å²) < 4.78 is 29.6. The van der Waals surface area contributed by atoms with Crippen molar-refractivity contribution in [2.45, 2.75) is 19.8 Å². The monoisotopic (exact) mass is 362 g/mol. The zero-order valence-electron chi connectivity index (χ0n) is 11.3. The van der Waals surface area contributed by atoms with Gasteiger partial charge in [0.15, 0.2) is 0 Å². The normalized spacial score (nSPS) is 18.1. The SMILES string of the molecule is Cc1ccc(Br)cc1NS(=O)(=O)N1CCC(CO)CC1. The Bertz CT molecular complexity index is 569. The lowest BCUT2D eigenvalue weighted by molar-refractivity contribution is 0.170. The van der Waals surface area contributed by atoms with Crippen LogP contribution in [0.1, 0.15) is 18.4 Å². The molecule has 0 aliphatic carbocycles. The van der Waals surface area contributed by atoms with Crippen LogP contribution in [-0.2, 0) is 10.2 Å². The third kappa shape index (κ3) is 3.72. The third-order valence-electron chi connectivity index (χ3n) is 3.61. The van der Waals surface area contributed by atoms with Gasteiger partial charge in [0.2, 0.25) is 0 Å². The molecule has 0 unspecified atom stereocenters. The van der Waals surface area contributed by atoms with Crippen LogP contribution >= 0.6 is 15.9 Å². The molecule has 0 spiro atoms. The van der Waals surface area contributed by atoms with Crippen molar-refractivity contribution >= 4 is 31.8 Å². The highest BCUT2D eigenvalue weighted by molar-refractivity contribution is 9.10. The van der Waals surface area contributed by atoms with E-state index in [0.29, 0.717) is 31.6 Å². The molecule has 0 atom stereocenters. The number of hydrogen-bond donors (Lipinski definition) is 2. The minimum Gasteiger partial charge on any atom is -0.396 e. The number of halogens is 1. The highest BCUT2D eigenvalue weighted by atomic mass is 79.9. The van der Waals surface area contributed by atoms with E-state index in [9.17, 15) is 8.42 Å². The Hall–Kier alpha value is -0.630. The van der Waals surface area contributed by atoms with Crippen molar-refractivity contribution in [1.29, 1.82) is 0 Å². The first-order valence-electron chi connectivity index (χ1n) is 6.57. The number of aliphatic hydroxyl groups is 1. The van der Waals surface area contributed by atoms with Crippen molar-refractivity contribution in [3.8, 4) is 0 Å². The summed E-state index contributed by atoms with van der Waals surface area (Å²) in [5.74, 6) is 0.217. The summed E-state index contributed by atoms with van der Waals surface area (Å²) in [5, 5.41) is 9.09. The summed E-state index contributed by atoms with van der Waals surface area (Å²) in [5.41, 5.74) is 1.46. The summed E-state index contributed by atoms with van der Waals surface area (Å²) in [4.78, 5) is 0. The van der Waals surface area contributed by atoms with Gasteiger partial charge in [-0.05, 0) is 43.4 Å². The molecule has 7 heteroatoms. The van der Waals surface area contributed by atoms with Crippen molar-refractivity contribution in [3.05, 3.63) is 28.2 Å². The van der Waals surface area contributed by atoms with Crippen LogP contribution in [-0.4, -0.2) is 37.5 Å². The highest BCUT2D eigenvalue weighted by Gasteiger charge is 2.27. The van der Waals surface area contributed by atoms with E-state index in [2.05, 4.69) is 20.7 Å². The number of piperidine rings is 1. The second-order valence-electron chi connectivity index (χ2n) is 5.09. The van der Waals surface area contributed by atoms with Gasteiger partial charge < -0.3 is 5.11 Å². The number of nitrogens with one attached hydrogen (secondary N) is 1. The molecule has 1 saturated heterocycles. The van der Waals surface area contributed by atoms with Crippen molar-refractivity contribution in [1.82, 2.24) is 4.31 Å². The second-order valence-corrected chi connectivity index (χ2v) is 7.68. The van der Waals surface area contributed by atoms with E-state index < -0.39 is 10.2 Å². The lowest BCUT2D eigenvalue weighted by Gasteiger charge is -2.30. The number of rotatable bonds is 4. The smallest absolute Gasteiger partial charge is 0.301 e. The van der Waals surface area contributed by atoms with E-state index in [4.69, 9.17) is 5.11 Å². The van der Waals surface area contributed by atoms with Crippen LogP contribution < -0.4 is 4.72 Å². The number of aliphatic hydroxyl groups excluding tert-OH is 1. The molecule has 1 heterocycles. The average molecular weight is 363 g/mol. The van der Waals surface area contributed by atoms with E-state index in [1.165, 1.54) is 4.31 Å². The molecule has 2 rings (SSSR count). The number of aryl methyl sites for hydroxylation is 1. The lowest BCUT2D eigenvalue weighted by atomic mass is 10.00. The van der Waals surface area contributed by atoms with Gasteiger partial charge in [0.1, 0.15) is 0 Å². The fourth-order valence-electron chi connectivity index (χ4n) is 2.24. The Morgan fingerprint density at radius 2 is 2.05 bits per heavy atom. The van der Waals surface area contributed by atoms with Crippen molar-refractivity contribution in [3.63, 3.8) is 0 Å². The van der Waals surface area contributed by atoms with Crippen LogP contribution in [0, 0.1) is 12.8 Å². The molecule has 2 N–H and O–H groups in total.